The molecule has 3 aliphatic heterocycles. The minimum atomic E-state index is 0.0739. The summed E-state index contributed by atoms with van der Waals surface area (Å²) in [6.07, 6.45) is 2.37. The minimum Gasteiger partial charge on any atom is -0.346 e. The normalized spacial score (nSPS) is 20.0. The highest BCUT2D eigenvalue weighted by molar-refractivity contribution is 6.96. The van der Waals surface area contributed by atoms with Crippen molar-refractivity contribution >= 4 is 39.9 Å². The average Bonchev–Trinajstić information content (AvgIpc) is 3.25. The fraction of sp³-hybridized carbons (Fsp3) is 0.286. The summed E-state index contributed by atoms with van der Waals surface area (Å²) in [6.45, 7) is 17.1. The van der Waals surface area contributed by atoms with Gasteiger partial charge in [-0.3, -0.25) is 4.57 Å². The largest absolute Gasteiger partial charge is 0.346 e. The third kappa shape index (κ3) is 2.72. The van der Waals surface area contributed by atoms with E-state index in [9.17, 15) is 0 Å². The SMILES string of the molecule is C=C1C2=C(C)C3=C(c4ccc5nc(-c6ccccc6)n6c5c4B2c2c(cccc2-6)N1C)C(C)(C)CCC3(C)C. The molecule has 0 radical (unpaired) electrons. The maximum absolute atomic E-state index is 5.31. The van der Waals surface area contributed by atoms with Crippen molar-refractivity contribution in [3.8, 4) is 17.1 Å². The summed E-state index contributed by atoms with van der Waals surface area (Å²) in [5.74, 6) is 1.02. The number of anilines is 1. The van der Waals surface area contributed by atoms with Crippen LogP contribution in [0, 0.1) is 10.8 Å². The molecule has 0 atom stereocenters. The van der Waals surface area contributed by atoms with Gasteiger partial charge in [-0.15, -0.1) is 0 Å². The van der Waals surface area contributed by atoms with Crippen molar-refractivity contribution in [3.05, 3.63) is 95.1 Å². The van der Waals surface area contributed by atoms with Gasteiger partial charge in [0.05, 0.1) is 11.0 Å². The molecule has 1 aromatic heterocycles. The van der Waals surface area contributed by atoms with Crippen LogP contribution < -0.4 is 15.8 Å². The number of likely N-dealkylation sites (N-methyl/N-ethyl adjacent to an activating group) is 1. The molecular weight excluding hydrogens is 473 g/mol. The summed E-state index contributed by atoms with van der Waals surface area (Å²) in [7, 11) is 2.19. The minimum absolute atomic E-state index is 0.0739. The van der Waals surface area contributed by atoms with E-state index in [0.717, 1.165) is 22.6 Å². The molecule has 0 saturated carbocycles. The smallest absolute Gasteiger partial charge is 0.253 e. The molecule has 0 N–H and O–H groups in total. The van der Waals surface area contributed by atoms with Gasteiger partial charge in [-0.2, -0.15) is 0 Å². The van der Waals surface area contributed by atoms with E-state index < -0.39 is 0 Å². The molecule has 4 heterocycles. The Morgan fingerprint density at radius 2 is 1.51 bits per heavy atom. The fourth-order valence-electron chi connectivity index (χ4n) is 8.28. The van der Waals surface area contributed by atoms with E-state index in [1.165, 1.54) is 68.4 Å². The molecular formula is C35H34BN3. The number of rotatable bonds is 1. The lowest BCUT2D eigenvalue weighted by Gasteiger charge is -2.45. The first kappa shape index (κ1) is 23.1. The van der Waals surface area contributed by atoms with Gasteiger partial charge in [0.2, 0.25) is 0 Å². The third-order valence-electron chi connectivity index (χ3n) is 10.2. The van der Waals surface area contributed by atoms with Crippen LogP contribution in [-0.4, -0.2) is 23.3 Å². The van der Waals surface area contributed by atoms with Crippen LogP contribution in [-0.2, 0) is 0 Å². The summed E-state index contributed by atoms with van der Waals surface area (Å²) in [5, 5.41) is 0. The molecule has 4 heteroatoms. The zero-order valence-electron chi connectivity index (χ0n) is 23.8. The molecule has 0 amide bonds. The van der Waals surface area contributed by atoms with Crippen molar-refractivity contribution in [2.45, 2.75) is 47.5 Å². The van der Waals surface area contributed by atoms with E-state index in [0.29, 0.717) is 0 Å². The molecule has 0 bridgehead atoms. The summed E-state index contributed by atoms with van der Waals surface area (Å²) in [5.41, 5.74) is 17.3. The molecule has 0 unspecified atom stereocenters. The van der Waals surface area contributed by atoms with Gasteiger partial charge >= 0.3 is 0 Å². The van der Waals surface area contributed by atoms with Gasteiger partial charge < -0.3 is 4.90 Å². The number of nitrogens with zero attached hydrogens (tertiary/aromatic N) is 3. The van der Waals surface area contributed by atoms with Crippen molar-refractivity contribution in [1.29, 1.82) is 0 Å². The lowest BCUT2D eigenvalue weighted by molar-refractivity contribution is 0.296. The van der Waals surface area contributed by atoms with Crippen molar-refractivity contribution in [2.75, 3.05) is 11.9 Å². The van der Waals surface area contributed by atoms with E-state index in [1.54, 1.807) is 0 Å². The van der Waals surface area contributed by atoms with E-state index in [4.69, 9.17) is 11.6 Å². The highest BCUT2D eigenvalue weighted by Crippen LogP contribution is 2.57. The van der Waals surface area contributed by atoms with Crippen molar-refractivity contribution in [1.82, 2.24) is 9.55 Å². The molecule has 3 aromatic carbocycles. The van der Waals surface area contributed by atoms with Gasteiger partial charge in [-0.05, 0) is 87.5 Å². The van der Waals surface area contributed by atoms with Crippen LogP contribution in [0.25, 0.3) is 33.7 Å². The Morgan fingerprint density at radius 1 is 0.821 bits per heavy atom. The number of aromatic nitrogens is 2. The first-order chi connectivity index (χ1) is 18.6. The predicted octanol–water partition coefficient (Wildman–Crippen LogP) is 7.05. The van der Waals surface area contributed by atoms with Crippen LogP contribution in [0.5, 0.6) is 0 Å². The van der Waals surface area contributed by atoms with E-state index in [2.05, 4.69) is 112 Å². The second-order valence-corrected chi connectivity index (χ2v) is 13.2. The number of imidazole rings is 1. The van der Waals surface area contributed by atoms with Crippen LogP contribution in [0.4, 0.5) is 5.69 Å². The predicted molar refractivity (Wildman–Crippen MR) is 165 cm³/mol. The van der Waals surface area contributed by atoms with Crippen LogP contribution in [0.1, 0.15) is 53.0 Å². The monoisotopic (exact) mass is 507 g/mol. The van der Waals surface area contributed by atoms with E-state index in [1.807, 2.05) is 0 Å². The molecule has 4 aliphatic rings. The van der Waals surface area contributed by atoms with Crippen LogP contribution in [0.2, 0.25) is 0 Å². The number of allylic oxidation sites excluding steroid dienone is 4. The number of benzene rings is 3. The molecule has 1 aliphatic carbocycles. The Kier molecular flexibility index (Phi) is 4.29. The number of hydrogen-bond donors (Lipinski definition) is 0. The topological polar surface area (TPSA) is 21.1 Å². The van der Waals surface area contributed by atoms with Gasteiger partial charge in [0.15, 0.2) is 0 Å². The Hall–Kier alpha value is -3.79. The van der Waals surface area contributed by atoms with Gasteiger partial charge in [0.1, 0.15) is 5.82 Å². The molecule has 3 nitrogen and oxygen atoms in total. The maximum atomic E-state index is 5.31. The molecule has 39 heavy (non-hydrogen) atoms. The van der Waals surface area contributed by atoms with Gasteiger partial charge in [0.25, 0.3) is 6.71 Å². The number of fused-ring (bicyclic) bond motifs is 2. The lowest BCUT2D eigenvalue weighted by atomic mass is 9.32. The molecule has 0 fully saturated rings. The van der Waals surface area contributed by atoms with Crippen LogP contribution in [0.15, 0.2) is 89.6 Å². The second-order valence-electron chi connectivity index (χ2n) is 13.2. The Balaban J connectivity index is 1.64. The second kappa shape index (κ2) is 7.24. The Bertz CT molecular complexity index is 1850. The van der Waals surface area contributed by atoms with Crippen molar-refractivity contribution in [2.24, 2.45) is 10.8 Å². The Morgan fingerprint density at radius 3 is 2.26 bits per heavy atom. The van der Waals surface area contributed by atoms with Gasteiger partial charge in [-0.25, -0.2) is 4.98 Å². The molecule has 0 spiro atoms. The van der Waals surface area contributed by atoms with Crippen molar-refractivity contribution in [3.63, 3.8) is 0 Å². The lowest BCUT2D eigenvalue weighted by Crippen LogP contribution is -2.56. The van der Waals surface area contributed by atoms with E-state index in [-0.39, 0.29) is 17.5 Å². The molecule has 0 saturated heterocycles. The average molecular weight is 507 g/mol. The zero-order valence-corrected chi connectivity index (χ0v) is 23.8. The molecule has 8 rings (SSSR count). The van der Waals surface area contributed by atoms with Crippen LogP contribution >= 0.6 is 0 Å². The fourth-order valence-corrected chi connectivity index (χ4v) is 8.28. The zero-order chi connectivity index (χ0) is 27.0. The summed E-state index contributed by atoms with van der Waals surface area (Å²) in [4.78, 5) is 7.64. The standard InChI is InChI=1S/C35H34BN3/c1-20-27-28(35(5,6)19-18-34(27,3)4)23-16-17-24-32-30(23)36-29(20)21(2)38(7)25-14-11-15-26(31(25)36)39(32)33(37-24)22-12-9-8-10-13-22/h8-17H,2,18-19H2,1,3-7H3. The molecule has 192 valence electrons. The molecule has 4 aromatic rings. The first-order valence-corrected chi connectivity index (χ1v) is 14.3. The summed E-state index contributed by atoms with van der Waals surface area (Å²) in [6, 6.07) is 22.1. The maximum Gasteiger partial charge on any atom is 0.253 e. The van der Waals surface area contributed by atoms with Crippen molar-refractivity contribution < 1.29 is 0 Å². The van der Waals surface area contributed by atoms with E-state index >= 15 is 0 Å². The van der Waals surface area contributed by atoms with Crippen LogP contribution in [0.3, 0.4) is 0 Å². The van der Waals surface area contributed by atoms with Gasteiger partial charge in [-0.1, -0.05) is 76.7 Å². The van der Waals surface area contributed by atoms with Gasteiger partial charge in [0, 0.05) is 29.7 Å². The highest BCUT2D eigenvalue weighted by atomic mass is 15.1. The quantitative estimate of drug-likeness (QED) is 0.258. The Labute approximate surface area is 231 Å². The number of hydrogen-bond acceptors (Lipinski definition) is 2. The third-order valence-corrected chi connectivity index (χ3v) is 10.2. The first-order valence-electron chi connectivity index (χ1n) is 14.3. The summed E-state index contributed by atoms with van der Waals surface area (Å²) >= 11 is 0. The highest BCUT2D eigenvalue weighted by Gasteiger charge is 2.50. The summed E-state index contributed by atoms with van der Waals surface area (Å²) < 4.78 is 2.46.